The van der Waals surface area contributed by atoms with E-state index in [2.05, 4.69) is 10.1 Å². The van der Waals surface area contributed by atoms with Crippen LogP contribution in [0.3, 0.4) is 0 Å². The largest absolute Gasteiger partial charge is 0.467 e. The van der Waals surface area contributed by atoms with Crippen molar-refractivity contribution in [3.05, 3.63) is 42.0 Å². The molecule has 0 saturated heterocycles. The van der Waals surface area contributed by atoms with Gasteiger partial charge < -0.3 is 20.5 Å². The third-order valence-electron chi connectivity index (χ3n) is 3.33. The molecule has 0 aliphatic rings. The second kappa shape index (κ2) is 6.91. The zero-order valence-electron chi connectivity index (χ0n) is 12.5. The van der Waals surface area contributed by atoms with E-state index < -0.39 is 12.0 Å². The Hall–Kier alpha value is -2.60. The van der Waals surface area contributed by atoms with Crippen LogP contribution >= 0.6 is 0 Å². The van der Waals surface area contributed by atoms with Crippen LogP contribution in [0.25, 0.3) is 10.8 Å². The molecule has 1 atom stereocenters. The number of carbonyl (C=O) groups excluding carboxylic acids is 2. The minimum absolute atomic E-state index is 0.0331. The van der Waals surface area contributed by atoms with Gasteiger partial charge in [0.05, 0.1) is 13.7 Å². The minimum atomic E-state index is -0.862. The fourth-order valence-electron chi connectivity index (χ4n) is 2.23. The van der Waals surface area contributed by atoms with Gasteiger partial charge in [-0.15, -0.1) is 0 Å². The smallest absolute Gasteiger partial charge is 0.330 e. The molecule has 116 valence electrons. The first-order valence-electron chi connectivity index (χ1n) is 6.73. The topological polar surface area (TPSA) is 90.6 Å². The van der Waals surface area contributed by atoms with E-state index in [4.69, 9.17) is 10.5 Å². The van der Waals surface area contributed by atoms with Gasteiger partial charge in [-0.2, -0.15) is 0 Å². The molecule has 0 spiro atoms. The maximum atomic E-state index is 12.5. The van der Waals surface area contributed by atoms with Crippen LogP contribution in [0.2, 0.25) is 0 Å². The highest BCUT2D eigenvalue weighted by Gasteiger charge is 2.23. The Balaban J connectivity index is 2.33. The van der Waals surface area contributed by atoms with Crippen molar-refractivity contribution in [3.63, 3.8) is 0 Å². The summed E-state index contributed by atoms with van der Waals surface area (Å²) in [6.45, 7) is 0.0331. The van der Waals surface area contributed by atoms with Crippen molar-refractivity contribution in [2.24, 2.45) is 0 Å². The van der Waals surface area contributed by atoms with E-state index in [0.29, 0.717) is 11.3 Å². The number of nitrogen functional groups attached to an aromatic ring is 1. The van der Waals surface area contributed by atoms with Gasteiger partial charge in [0.25, 0.3) is 5.91 Å². The molecule has 0 saturated carbocycles. The van der Waals surface area contributed by atoms with Gasteiger partial charge in [-0.3, -0.25) is 4.79 Å². The Morgan fingerprint density at radius 3 is 2.45 bits per heavy atom. The maximum Gasteiger partial charge on any atom is 0.330 e. The Morgan fingerprint density at radius 1 is 1.14 bits per heavy atom. The van der Waals surface area contributed by atoms with Crippen LogP contribution in [0.15, 0.2) is 36.4 Å². The number of hydrogen-bond donors (Lipinski definition) is 2. The lowest BCUT2D eigenvalue weighted by atomic mass is 10.0. The van der Waals surface area contributed by atoms with Gasteiger partial charge in [0.15, 0.2) is 6.04 Å². The molecule has 22 heavy (non-hydrogen) atoms. The number of ether oxygens (including phenoxy) is 2. The molecule has 2 aromatic carbocycles. The number of amides is 1. The van der Waals surface area contributed by atoms with Gasteiger partial charge in [0, 0.05) is 23.7 Å². The van der Waals surface area contributed by atoms with Gasteiger partial charge in [-0.05, 0) is 17.5 Å². The van der Waals surface area contributed by atoms with E-state index in [1.54, 1.807) is 12.1 Å². The summed E-state index contributed by atoms with van der Waals surface area (Å²) in [5.74, 6) is -0.946. The zero-order valence-corrected chi connectivity index (χ0v) is 12.5. The Morgan fingerprint density at radius 2 is 1.82 bits per heavy atom. The lowest BCUT2D eigenvalue weighted by Crippen LogP contribution is -2.44. The highest BCUT2D eigenvalue weighted by atomic mass is 16.5. The fraction of sp³-hybridized carbons (Fsp3) is 0.250. The quantitative estimate of drug-likeness (QED) is 0.642. The summed E-state index contributed by atoms with van der Waals surface area (Å²) in [7, 11) is 2.70. The predicted octanol–water partition coefficient (Wildman–Crippen LogP) is 1.34. The van der Waals surface area contributed by atoms with E-state index in [-0.39, 0.29) is 12.5 Å². The molecule has 0 aliphatic heterocycles. The van der Waals surface area contributed by atoms with Crippen molar-refractivity contribution in [2.75, 3.05) is 26.6 Å². The number of methoxy groups -OCH3 is 2. The average Bonchev–Trinajstić information content (AvgIpc) is 2.54. The monoisotopic (exact) mass is 302 g/mol. The molecular formula is C16H18N2O4. The van der Waals surface area contributed by atoms with E-state index in [1.807, 2.05) is 24.3 Å². The molecule has 0 aromatic heterocycles. The normalized spacial score (nSPS) is 11.9. The van der Waals surface area contributed by atoms with E-state index in [1.165, 1.54) is 14.2 Å². The fourth-order valence-corrected chi connectivity index (χ4v) is 2.23. The number of nitrogens with two attached hydrogens (primary N) is 1. The molecule has 0 heterocycles. The highest BCUT2D eigenvalue weighted by Crippen LogP contribution is 2.24. The number of esters is 1. The average molecular weight is 302 g/mol. The van der Waals surface area contributed by atoms with Gasteiger partial charge in [-0.1, -0.05) is 24.3 Å². The van der Waals surface area contributed by atoms with E-state index in [0.717, 1.165) is 10.8 Å². The number of hydrogen-bond acceptors (Lipinski definition) is 5. The SMILES string of the molecule is COC[C@@H](NC(=O)c1ccc(N)c2ccccc12)C(=O)OC. The Labute approximate surface area is 128 Å². The van der Waals surface area contributed by atoms with Crippen LogP contribution in [-0.2, 0) is 14.3 Å². The first kappa shape index (κ1) is 15.8. The molecule has 0 bridgehead atoms. The molecule has 0 radical (unpaired) electrons. The minimum Gasteiger partial charge on any atom is -0.467 e. The van der Waals surface area contributed by atoms with Crippen molar-refractivity contribution < 1.29 is 19.1 Å². The van der Waals surface area contributed by atoms with Gasteiger partial charge in [-0.25, -0.2) is 4.79 Å². The van der Waals surface area contributed by atoms with Gasteiger partial charge in [0.2, 0.25) is 0 Å². The molecule has 2 rings (SSSR count). The molecule has 0 aliphatic carbocycles. The number of benzene rings is 2. The lowest BCUT2D eigenvalue weighted by Gasteiger charge is -2.16. The first-order valence-corrected chi connectivity index (χ1v) is 6.73. The van der Waals surface area contributed by atoms with Crippen molar-refractivity contribution >= 4 is 28.3 Å². The summed E-state index contributed by atoms with van der Waals surface area (Å²) in [6, 6.07) is 9.76. The zero-order chi connectivity index (χ0) is 16.1. The third kappa shape index (κ3) is 3.17. The molecule has 3 N–H and O–H groups in total. The second-order valence-electron chi connectivity index (χ2n) is 4.75. The maximum absolute atomic E-state index is 12.5. The summed E-state index contributed by atoms with van der Waals surface area (Å²) in [6.07, 6.45) is 0. The van der Waals surface area contributed by atoms with Crippen LogP contribution in [0, 0.1) is 0 Å². The van der Waals surface area contributed by atoms with Crippen LogP contribution < -0.4 is 11.1 Å². The number of nitrogens with one attached hydrogen (secondary N) is 1. The van der Waals surface area contributed by atoms with Crippen LogP contribution in [0.5, 0.6) is 0 Å². The second-order valence-corrected chi connectivity index (χ2v) is 4.75. The first-order chi connectivity index (χ1) is 10.6. The summed E-state index contributed by atoms with van der Waals surface area (Å²) in [5.41, 5.74) is 6.95. The molecule has 6 nitrogen and oxygen atoms in total. The van der Waals surface area contributed by atoms with Crippen LogP contribution in [0.1, 0.15) is 10.4 Å². The predicted molar refractivity (Wildman–Crippen MR) is 83.5 cm³/mol. The highest BCUT2D eigenvalue weighted by molar-refractivity contribution is 6.10. The third-order valence-corrected chi connectivity index (χ3v) is 3.33. The van der Waals surface area contributed by atoms with Crippen LogP contribution in [-0.4, -0.2) is 38.7 Å². The number of carbonyl (C=O) groups is 2. The molecule has 0 fully saturated rings. The van der Waals surface area contributed by atoms with Crippen molar-refractivity contribution in [3.8, 4) is 0 Å². The van der Waals surface area contributed by atoms with Gasteiger partial charge >= 0.3 is 5.97 Å². The van der Waals surface area contributed by atoms with Crippen molar-refractivity contribution in [1.82, 2.24) is 5.32 Å². The summed E-state index contributed by atoms with van der Waals surface area (Å²) >= 11 is 0. The molecule has 2 aromatic rings. The van der Waals surface area contributed by atoms with Gasteiger partial charge in [0.1, 0.15) is 0 Å². The standard InChI is InChI=1S/C16H18N2O4/c1-21-9-14(16(20)22-2)18-15(19)12-7-8-13(17)11-6-4-3-5-10(11)12/h3-8,14H,9,17H2,1-2H3,(H,18,19)/t14-/m1/s1. The van der Waals surface area contributed by atoms with E-state index in [9.17, 15) is 9.59 Å². The number of rotatable bonds is 5. The Bertz CT molecular complexity index is 700. The van der Waals surface area contributed by atoms with Crippen LogP contribution in [0.4, 0.5) is 5.69 Å². The number of fused-ring (bicyclic) bond motifs is 1. The van der Waals surface area contributed by atoms with E-state index >= 15 is 0 Å². The molecule has 6 heteroatoms. The molecule has 0 unspecified atom stereocenters. The lowest BCUT2D eigenvalue weighted by molar-refractivity contribution is -0.144. The molecular weight excluding hydrogens is 284 g/mol. The summed E-state index contributed by atoms with van der Waals surface area (Å²) in [5, 5.41) is 4.13. The van der Waals surface area contributed by atoms with Crippen molar-refractivity contribution in [1.29, 1.82) is 0 Å². The number of anilines is 1. The van der Waals surface area contributed by atoms with Crippen molar-refractivity contribution in [2.45, 2.75) is 6.04 Å². The summed E-state index contributed by atoms with van der Waals surface area (Å²) < 4.78 is 9.59. The molecule has 1 amide bonds. The summed E-state index contributed by atoms with van der Waals surface area (Å²) in [4.78, 5) is 24.1. The Kier molecular flexibility index (Phi) is 4.95.